The van der Waals surface area contributed by atoms with Crippen LogP contribution in [0.5, 0.6) is 0 Å². The zero-order valence-electron chi connectivity index (χ0n) is 8.27. The minimum Gasteiger partial charge on any atom is -0.398 e. The van der Waals surface area contributed by atoms with E-state index in [2.05, 4.69) is 0 Å². The number of benzene rings is 1. The van der Waals surface area contributed by atoms with Crippen LogP contribution >= 0.6 is 0 Å². The summed E-state index contributed by atoms with van der Waals surface area (Å²) in [6.07, 6.45) is -4.48. The van der Waals surface area contributed by atoms with Crippen molar-refractivity contribution in [2.45, 2.75) is 20.0 Å². The molecule has 0 saturated carbocycles. The average Bonchev–Trinajstić information content (AvgIpc) is 2.06. The number of carbonyl (C=O) groups excluding carboxylic acids is 1. The molecular formula is C10H10F3NO. The molecule has 82 valence electrons. The minimum absolute atomic E-state index is 0.0160. The van der Waals surface area contributed by atoms with E-state index in [0.717, 1.165) is 12.1 Å². The first kappa shape index (κ1) is 11.6. The number of ketones is 1. The number of nitrogens with two attached hydrogens (primary N) is 1. The highest BCUT2D eigenvalue weighted by Gasteiger charge is 2.31. The van der Waals surface area contributed by atoms with Gasteiger partial charge in [0.2, 0.25) is 0 Å². The topological polar surface area (TPSA) is 43.1 Å². The van der Waals surface area contributed by atoms with E-state index in [4.69, 9.17) is 5.73 Å². The van der Waals surface area contributed by atoms with Crippen molar-refractivity contribution in [2.75, 3.05) is 5.73 Å². The van der Waals surface area contributed by atoms with Crippen LogP contribution in [0.2, 0.25) is 0 Å². The summed E-state index contributed by atoms with van der Waals surface area (Å²) >= 11 is 0. The number of Topliss-reactive ketones (excluding diaryl/α,β-unsaturated/α-hetero) is 1. The van der Waals surface area contributed by atoms with Crippen molar-refractivity contribution in [3.05, 3.63) is 28.8 Å². The van der Waals surface area contributed by atoms with Crippen LogP contribution < -0.4 is 5.73 Å². The van der Waals surface area contributed by atoms with E-state index in [1.807, 2.05) is 0 Å². The third kappa shape index (κ3) is 2.29. The van der Waals surface area contributed by atoms with Gasteiger partial charge in [-0.15, -0.1) is 0 Å². The van der Waals surface area contributed by atoms with Crippen molar-refractivity contribution in [3.63, 3.8) is 0 Å². The molecule has 2 nitrogen and oxygen atoms in total. The van der Waals surface area contributed by atoms with Crippen LogP contribution in [0.3, 0.4) is 0 Å². The van der Waals surface area contributed by atoms with Gasteiger partial charge in [0.15, 0.2) is 5.78 Å². The number of rotatable bonds is 1. The Labute approximate surface area is 84.9 Å². The lowest BCUT2D eigenvalue weighted by Crippen LogP contribution is -2.10. The maximum atomic E-state index is 12.4. The molecule has 1 aromatic carbocycles. The first-order chi connectivity index (χ1) is 6.73. The van der Waals surface area contributed by atoms with Gasteiger partial charge in [0.05, 0.1) is 5.56 Å². The molecule has 0 saturated heterocycles. The first-order valence-corrected chi connectivity index (χ1v) is 4.21. The second kappa shape index (κ2) is 3.56. The van der Waals surface area contributed by atoms with Gasteiger partial charge in [-0.25, -0.2) is 0 Å². The van der Waals surface area contributed by atoms with E-state index in [1.54, 1.807) is 0 Å². The quantitative estimate of drug-likeness (QED) is 0.580. The molecule has 0 aliphatic heterocycles. The largest absolute Gasteiger partial charge is 0.416 e. The van der Waals surface area contributed by atoms with E-state index in [1.165, 1.54) is 13.8 Å². The van der Waals surface area contributed by atoms with E-state index in [0.29, 0.717) is 5.56 Å². The molecule has 0 bridgehead atoms. The fraction of sp³-hybridized carbons (Fsp3) is 0.300. The molecule has 0 heterocycles. The highest BCUT2D eigenvalue weighted by molar-refractivity contribution is 5.97. The number of halogens is 3. The van der Waals surface area contributed by atoms with Crippen molar-refractivity contribution in [1.82, 2.24) is 0 Å². The molecule has 0 aliphatic rings. The van der Waals surface area contributed by atoms with E-state index in [9.17, 15) is 18.0 Å². The molecule has 1 aromatic rings. The van der Waals surface area contributed by atoms with Crippen molar-refractivity contribution in [3.8, 4) is 0 Å². The molecular weight excluding hydrogens is 207 g/mol. The molecule has 5 heteroatoms. The molecule has 0 spiro atoms. The summed E-state index contributed by atoms with van der Waals surface area (Å²) in [5.41, 5.74) is 4.89. The summed E-state index contributed by atoms with van der Waals surface area (Å²) < 4.78 is 37.1. The average molecular weight is 217 g/mol. The molecule has 0 atom stereocenters. The van der Waals surface area contributed by atoms with Crippen molar-refractivity contribution in [1.29, 1.82) is 0 Å². The van der Waals surface area contributed by atoms with Crippen LogP contribution in [0.4, 0.5) is 18.9 Å². The Kier molecular flexibility index (Phi) is 2.75. The van der Waals surface area contributed by atoms with Gasteiger partial charge in [-0.1, -0.05) is 0 Å². The Bertz CT molecular complexity index is 410. The smallest absolute Gasteiger partial charge is 0.398 e. The monoisotopic (exact) mass is 217 g/mol. The Hall–Kier alpha value is -1.52. The second-order valence-electron chi connectivity index (χ2n) is 3.29. The number of alkyl halides is 3. The predicted octanol–water partition coefficient (Wildman–Crippen LogP) is 2.80. The predicted molar refractivity (Wildman–Crippen MR) is 50.6 cm³/mol. The second-order valence-corrected chi connectivity index (χ2v) is 3.29. The van der Waals surface area contributed by atoms with E-state index < -0.39 is 17.5 Å². The third-order valence-electron chi connectivity index (χ3n) is 2.15. The molecule has 0 aliphatic carbocycles. The van der Waals surface area contributed by atoms with Crippen molar-refractivity contribution >= 4 is 11.5 Å². The van der Waals surface area contributed by atoms with Gasteiger partial charge < -0.3 is 5.73 Å². The normalized spacial score (nSPS) is 11.5. The summed E-state index contributed by atoms with van der Waals surface area (Å²) in [5, 5.41) is 0. The van der Waals surface area contributed by atoms with Gasteiger partial charge in [0, 0.05) is 11.3 Å². The number of carbonyl (C=O) groups is 1. The molecule has 0 unspecified atom stereocenters. The SMILES string of the molecule is CC(=O)c1cc(C(F)(F)F)cc(N)c1C. The van der Waals surface area contributed by atoms with Crippen LogP contribution in [0.15, 0.2) is 12.1 Å². The Balaban J connectivity index is 3.43. The van der Waals surface area contributed by atoms with Crippen LogP contribution in [0.1, 0.15) is 28.4 Å². The molecule has 0 radical (unpaired) electrons. The minimum atomic E-state index is -4.48. The number of hydrogen-bond donors (Lipinski definition) is 1. The van der Waals surface area contributed by atoms with Crippen molar-refractivity contribution in [2.24, 2.45) is 0 Å². The van der Waals surface area contributed by atoms with Crippen LogP contribution in [0.25, 0.3) is 0 Å². The molecule has 0 amide bonds. The van der Waals surface area contributed by atoms with Gasteiger partial charge in [0.1, 0.15) is 0 Å². The van der Waals surface area contributed by atoms with Gasteiger partial charge in [-0.3, -0.25) is 4.79 Å². The molecule has 0 aromatic heterocycles. The summed E-state index contributed by atoms with van der Waals surface area (Å²) in [7, 11) is 0. The fourth-order valence-corrected chi connectivity index (χ4v) is 1.27. The highest BCUT2D eigenvalue weighted by atomic mass is 19.4. The third-order valence-corrected chi connectivity index (χ3v) is 2.15. The maximum absolute atomic E-state index is 12.4. The molecule has 2 N–H and O–H groups in total. The summed E-state index contributed by atoms with van der Waals surface area (Å²) in [4.78, 5) is 11.1. The van der Waals surface area contributed by atoms with Gasteiger partial charge in [-0.05, 0) is 31.5 Å². The van der Waals surface area contributed by atoms with E-state index >= 15 is 0 Å². The van der Waals surface area contributed by atoms with E-state index in [-0.39, 0.29) is 11.3 Å². The lowest BCUT2D eigenvalue weighted by molar-refractivity contribution is -0.137. The lowest BCUT2D eigenvalue weighted by Gasteiger charge is -2.12. The highest BCUT2D eigenvalue weighted by Crippen LogP contribution is 2.33. The first-order valence-electron chi connectivity index (χ1n) is 4.21. The van der Waals surface area contributed by atoms with Gasteiger partial charge >= 0.3 is 6.18 Å². The van der Waals surface area contributed by atoms with Crippen molar-refractivity contribution < 1.29 is 18.0 Å². The summed E-state index contributed by atoms with van der Waals surface area (Å²) in [6.45, 7) is 2.73. The lowest BCUT2D eigenvalue weighted by atomic mass is 10.00. The van der Waals surface area contributed by atoms with Crippen LogP contribution in [-0.2, 0) is 6.18 Å². The zero-order chi connectivity index (χ0) is 11.8. The fourth-order valence-electron chi connectivity index (χ4n) is 1.27. The Morgan fingerprint density at radius 2 is 1.87 bits per heavy atom. The zero-order valence-corrected chi connectivity index (χ0v) is 8.27. The van der Waals surface area contributed by atoms with Gasteiger partial charge in [-0.2, -0.15) is 13.2 Å². The molecule has 15 heavy (non-hydrogen) atoms. The molecule has 1 rings (SSSR count). The summed E-state index contributed by atoms with van der Waals surface area (Å²) in [5.74, 6) is -0.426. The number of hydrogen-bond acceptors (Lipinski definition) is 2. The van der Waals surface area contributed by atoms with Crippen LogP contribution in [-0.4, -0.2) is 5.78 Å². The van der Waals surface area contributed by atoms with Gasteiger partial charge in [0.25, 0.3) is 0 Å². The Morgan fingerprint density at radius 3 is 2.27 bits per heavy atom. The standard InChI is InChI=1S/C10H10F3NO/c1-5-8(6(2)15)3-7(4-9(5)14)10(11,12)13/h3-4H,14H2,1-2H3. The summed E-state index contributed by atoms with van der Waals surface area (Å²) in [6, 6.07) is 1.66. The maximum Gasteiger partial charge on any atom is 0.416 e. The van der Waals surface area contributed by atoms with Crippen LogP contribution in [0, 0.1) is 6.92 Å². The number of nitrogen functional groups attached to an aromatic ring is 1. The number of anilines is 1. The molecule has 0 fully saturated rings. The Morgan fingerprint density at radius 1 is 1.33 bits per heavy atom.